The van der Waals surface area contributed by atoms with E-state index in [0.29, 0.717) is 13.1 Å². The van der Waals surface area contributed by atoms with Crippen molar-refractivity contribution in [3.05, 3.63) is 59.8 Å². The minimum Gasteiger partial charge on any atom is -0.352 e. The van der Waals surface area contributed by atoms with Crippen molar-refractivity contribution in [1.29, 1.82) is 0 Å². The molecular weight excluding hydrogens is 326 g/mol. The molecule has 26 heavy (non-hydrogen) atoms. The molecule has 3 aromatic rings. The zero-order valence-corrected chi connectivity index (χ0v) is 14.9. The predicted molar refractivity (Wildman–Crippen MR) is 101 cm³/mol. The molecule has 1 N–H and O–H groups in total. The van der Waals surface area contributed by atoms with Crippen LogP contribution in [0.4, 0.5) is 5.95 Å². The Hall–Kier alpha value is -2.89. The summed E-state index contributed by atoms with van der Waals surface area (Å²) in [6.07, 6.45) is 3.85. The van der Waals surface area contributed by atoms with Crippen LogP contribution in [0.1, 0.15) is 24.0 Å². The van der Waals surface area contributed by atoms with Crippen LogP contribution in [0.15, 0.2) is 48.7 Å². The number of rotatable bonds is 4. The molecule has 1 saturated heterocycles. The monoisotopic (exact) mass is 349 g/mol. The van der Waals surface area contributed by atoms with Crippen LogP contribution in [0.25, 0.3) is 5.65 Å². The fourth-order valence-corrected chi connectivity index (χ4v) is 3.55. The van der Waals surface area contributed by atoms with Crippen LogP contribution in [0.3, 0.4) is 0 Å². The third-order valence-corrected chi connectivity index (χ3v) is 5.09. The summed E-state index contributed by atoms with van der Waals surface area (Å²) in [5.41, 5.74) is 3.19. The van der Waals surface area contributed by atoms with Gasteiger partial charge in [-0.15, -0.1) is 10.2 Å². The number of carbonyl (C=O) groups is 1. The van der Waals surface area contributed by atoms with E-state index in [0.717, 1.165) is 36.5 Å². The van der Waals surface area contributed by atoms with E-state index in [9.17, 15) is 4.79 Å². The Balaban J connectivity index is 1.43. The standard InChI is InChI=1S/C20H23N5O/c1-15-7-2-3-8-16(15)13-21-19(26)17-9-6-11-24(14-17)20-23-22-18-10-4-5-12-25(18)20/h2-5,7-8,10,12,17H,6,9,11,13-14H2,1H3,(H,21,26). The quantitative estimate of drug-likeness (QED) is 0.786. The average molecular weight is 349 g/mol. The van der Waals surface area contributed by atoms with Crippen LogP contribution in [0.2, 0.25) is 0 Å². The van der Waals surface area contributed by atoms with E-state index in [-0.39, 0.29) is 11.8 Å². The number of amides is 1. The maximum Gasteiger partial charge on any atom is 0.231 e. The summed E-state index contributed by atoms with van der Waals surface area (Å²) < 4.78 is 1.98. The first-order chi connectivity index (χ1) is 12.7. The lowest BCUT2D eigenvalue weighted by atomic mass is 9.97. The molecule has 0 radical (unpaired) electrons. The number of hydrogen-bond acceptors (Lipinski definition) is 4. The van der Waals surface area contributed by atoms with Gasteiger partial charge in [0.2, 0.25) is 11.9 Å². The van der Waals surface area contributed by atoms with Crippen LogP contribution in [-0.4, -0.2) is 33.6 Å². The molecule has 3 heterocycles. The highest BCUT2D eigenvalue weighted by molar-refractivity contribution is 5.79. The summed E-state index contributed by atoms with van der Waals surface area (Å²) in [4.78, 5) is 14.8. The average Bonchev–Trinajstić information content (AvgIpc) is 3.11. The molecule has 4 rings (SSSR count). The third kappa shape index (κ3) is 3.27. The first-order valence-corrected chi connectivity index (χ1v) is 9.09. The molecule has 2 aromatic heterocycles. The van der Waals surface area contributed by atoms with Gasteiger partial charge >= 0.3 is 0 Å². The number of anilines is 1. The molecule has 1 fully saturated rings. The van der Waals surface area contributed by atoms with Crippen molar-refractivity contribution < 1.29 is 4.79 Å². The van der Waals surface area contributed by atoms with Crippen molar-refractivity contribution in [1.82, 2.24) is 19.9 Å². The third-order valence-electron chi connectivity index (χ3n) is 5.09. The molecule has 6 heteroatoms. The Bertz CT molecular complexity index is 919. The maximum atomic E-state index is 12.7. The van der Waals surface area contributed by atoms with E-state index in [1.54, 1.807) is 0 Å². The summed E-state index contributed by atoms with van der Waals surface area (Å²) in [5.74, 6) is 0.910. The van der Waals surface area contributed by atoms with E-state index in [1.807, 2.05) is 40.9 Å². The lowest BCUT2D eigenvalue weighted by Gasteiger charge is -2.32. The Labute approximate surface area is 152 Å². The van der Waals surface area contributed by atoms with Crippen LogP contribution in [0, 0.1) is 12.8 Å². The molecule has 0 saturated carbocycles. The first-order valence-electron chi connectivity index (χ1n) is 9.09. The second-order valence-electron chi connectivity index (χ2n) is 6.86. The van der Waals surface area contributed by atoms with Crippen LogP contribution >= 0.6 is 0 Å². The number of aryl methyl sites for hydroxylation is 1. The highest BCUT2D eigenvalue weighted by Crippen LogP contribution is 2.22. The topological polar surface area (TPSA) is 62.5 Å². The van der Waals surface area contributed by atoms with Crippen molar-refractivity contribution in [2.45, 2.75) is 26.3 Å². The lowest BCUT2D eigenvalue weighted by Crippen LogP contribution is -2.43. The molecule has 1 aromatic carbocycles. The summed E-state index contributed by atoms with van der Waals surface area (Å²) >= 11 is 0. The Kier molecular flexibility index (Phi) is 4.56. The van der Waals surface area contributed by atoms with Crippen LogP contribution in [0.5, 0.6) is 0 Å². The largest absolute Gasteiger partial charge is 0.352 e. The second-order valence-corrected chi connectivity index (χ2v) is 6.86. The number of nitrogens with one attached hydrogen (secondary N) is 1. The van der Waals surface area contributed by atoms with Gasteiger partial charge in [0.25, 0.3) is 0 Å². The van der Waals surface area contributed by atoms with Crippen molar-refractivity contribution >= 4 is 17.5 Å². The van der Waals surface area contributed by atoms with Gasteiger partial charge in [0.05, 0.1) is 5.92 Å². The number of benzene rings is 1. The van der Waals surface area contributed by atoms with Crippen LogP contribution < -0.4 is 10.2 Å². The van der Waals surface area contributed by atoms with Gasteiger partial charge in [-0.2, -0.15) is 0 Å². The van der Waals surface area contributed by atoms with E-state index < -0.39 is 0 Å². The number of piperidine rings is 1. The summed E-state index contributed by atoms with van der Waals surface area (Å²) in [5, 5.41) is 11.6. The maximum absolute atomic E-state index is 12.7. The Morgan fingerprint density at radius 3 is 2.92 bits per heavy atom. The van der Waals surface area contributed by atoms with Crippen molar-refractivity contribution in [2.75, 3.05) is 18.0 Å². The minimum absolute atomic E-state index is 0.0242. The van der Waals surface area contributed by atoms with Crippen LogP contribution in [-0.2, 0) is 11.3 Å². The fraction of sp³-hybridized carbons (Fsp3) is 0.350. The molecule has 134 valence electrons. The number of hydrogen-bond donors (Lipinski definition) is 1. The number of nitrogens with zero attached hydrogens (tertiary/aromatic N) is 4. The summed E-state index contributed by atoms with van der Waals surface area (Å²) in [7, 11) is 0. The van der Waals surface area contributed by atoms with Crippen molar-refractivity contribution in [3.63, 3.8) is 0 Å². The lowest BCUT2D eigenvalue weighted by molar-refractivity contribution is -0.125. The van der Waals surface area contributed by atoms with Gasteiger partial charge in [-0.1, -0.05) is 30.3 Å². The number of fused-ring (bicyclic) bond motifs is 1. The molecule has 0 bridgehead atoms. The highest BCUT2D eigenvalue weighted by atomic mass is 16.1. The fourth-order valence-electron chi connectivity index (χ4n) is 3.55. The molecular formula is C20H23N5O. The smallest absolute Gasteiger partial charge is 0.231 e. The molecule has 0 aliphatic carbocycles. The number of carbonyl (C=O) groups excluding carboxylic acids is 1. The van der Waals surface area contributed by atoms with E-state index in [2.05, 4.69) is 39.5 Å². The molecule has 1 aliphatic rings. The van der Waals surface area contributed by atoms with Gasteiger partial charge in [-0.25, -0.2) is 0 Å². The summed E-state index contributed by atoms with van der Waals surface area (Å²) in [6.45, 7) is 4.22. The van der Waals surface area contributed by atoms with Crippen molar-refractivity contribution in [2.24, 2.45) is 5.92 Å². The SMILES string of the molecule is Cc1ccccc1CNC(=O)C1CCCN(c2nnc3ccccn23)C1. The molecule has 1 atom stereocenters. The number of pyridine rings is 1. The summed E-state index contributed by atoms with van der Waals surface area (Å²) in [6, 6.07) is 14.0. The molecule has 0 spiro atoms. The zero-order valence-electron chi connectivity index (χ0n) is 14.9. The normalized spacial score (nSPS) is 17.4. The molecule has 6 nitrogen and oxygen atoms in total. The van der Waals surface area contributed by atoms with Gasteiger partial charge in [0.1, 0.15) is 0 Å². The van der Waals surface area contributed by atoms with Gasteiger partial charge in [0, 0.05) is 25.8 Å². The molecule has 1 unspecified atom stereocenters. The van der Waals surface area contributed by atoms with E-state index >= 15 is 0 Å². The van der Waals surface area contributed by atoms with E-state index in [1.165, 1.54) is 5.56 Å². The number of aromatic nitrogens is 3. The van der Waals surface area contributed by atoms with E-state index in [4.69, 9.17) is 0 Å². The molecule has 1 amide bonds. The minimum atomic E-state index is -0.0242. The Morgan fingerprint density at radius 2 is 2.04 bits per heavy atom. The molecule has 1 aliphatic heterocycles. The van der Waals surface area contributed by atoms with Crippen molar-refractivity contribution in [3.8, 4) is 0 Å². The first kappa shape index (κ1) is 16.6. The highest BCUT2D eigenvalue weighted by Gasteiger charge is 2.28. The Morgan fingerprint density at radius 1 is 1.19 bits per heavy atom. The second kappa shape index (κ2) is 7.15. The predicted octanol–water partition coefficient (Wildman–Crippen LogP) is 2.57. The van der Waals surface area contributed by atoms with Gasteiger partial charge < -0.3 is 10.2 Å². The zero-order chi connectivity index (χ0) is 17.9. The van der Waals surface area contributed by atoms with Gasteiger partial charge in [-0.05, 0) is 43.0 Å². The van der Waals surface area contributed by atoms with Gasteiger partial charge in [0.15, 0.2) is 5.65 Å². The van der Waals surface area contributed by atoms with Gasteiger partial charge in [-0.3, -0.25) is 9.20 Å².